The summed E-state index contributed by atoms with van der Waals surface area (Å²) in [5.74, 6) is 0.989. The van der Waals surface area contributed by atoms with Gasteiger partial charge in [-0.2, -0.15) is 14.9 Å². The fourth-order valence-electron chi connectivity index (χ4n) is 1.81. The van der Waals surface area contributed by atoms with Crippen molar-refractivity contribution >= 4 is 29.8 Å². The quantitative estimate of drug-likeness (QED) is 0.574. The number of aromatic nitrogens is 3. The number of aromatic hydroxyl groups is 1. The number of hydrogen-bond acceptors (Lipinski definition) is 5. The predicted molar refractivity (Wildman–Crippen MR) is 85.6 cm³/mol. The maximum Gasteiger partial charge on any atom is 0.216 e. The molecule has 0 aliphatic carbocycles. The molecule has 0 aliphatic rings. The van der Waals surface area contributed by atoms with Gasteiger partial charge in [-0.05, 0) is 53.5 Å². The van der Waals surface area contributed by atoms with E-state index in [0.717, 1.165) is 11.4 Å². The Morgan fingerprint density at radius 1 is 1.33 bits per heavy atom. The van der Waals surface area contributed by atoms with E-state index >= 15 is 0 Å². The van der Waals surface area contributed by atoms with Crippen molar-refractivity contribution in [2.75, 3.05) is 0 Å². The van der Waals surface area contributed by atoms with Gasteiger partial charge in [-0.3, -0.25) is 5.10 Å². The van der Waals surface area contributed by atoms with Crippen LogP contribution >= 0.6 is 23.6 Å². The maximum atomic E-state index is 9.26. The van der Waals surface area contributed by atoms with Crippen molar-refractivity contribution in [1.29, 1.82) is 0 Å². The minimum absolute atomic E-state index is 0.227. The molecule has 7 heteroatoms. The van der Waals surface area contributed by atoms with Gasteiger partial charge in [0.2, 0.25) is 4.77 Å². The molecule has 3 aromatic rings. The van der Waals surface area contributed by atoms with E-state index < -0.39 is 0 Å². The second-order valence-corrected chi connectivity index (χ2v) is 5.77. The van der Waals surface area contributed by atoms with Gasteiger partial charge in [0.25, 0.3) is 0 Å². The van der Waals surface area contributed by atoms with Gasteiger partial charge in [-0.1, -0.05) is 6.07 Å². The van der Waals surface area contributed by atoms with Gasteiger partial charge in [0.05, 0.1) is 6.21 Å². The van der Waals surface area contributed by atoms with Crippen molar-refractivity contribution in [2.45, 2.75) is 6.42 Å². The first-order valence-electron chi connectivity index (χ1n) is 6.24. The number of aromatic amines is 1. The number of thiophene rings is 1. The Bertz CT molecular complexity index is 800. The monoisotopic (exact) mass is 316 g/mol. The molecule has 0 bridgehead atoms. The van der Waals surface area contributed by atoms with Crippen molar-refractivity contribution in [3.05, 3.63) is 62.8 Å². The van der Waals surface area contributed by atoms with Crippen molar-refractivity contribution in [1.82, 2.24) is 14.9 Å². The molecule has 5 nitrogen and oxygen atoms in total. The van der Waals surface area contributed by atoms with Gasteiger partial charge >= 0.3 is 0 Å². The van der Waals surface area contributed by atoms with Crippen molar-refractivity contribution in [3.8, 4) is 5.75 Å². The first kappa shape index (κ1) is 13.7. The molecule has 0 saturated carbocycles. The van der Waals surface area contributed by atoms with Gasteiger partial charge in [0.1, 0.15) is 5.75 Å². The Morgan fingerprint density at radius 2 is 2.14 bits per heavy atom. The van der Waals surface area contributed by atoms with Gasteiger partial charge < -0.3 is 5.11 Å². The highest BCUT2D eigenvalue weighted by molar-refractivity contribution is 7.71. The fourth-order valence-corrected chi connectivity index (χ4v) is 2.71. The SMILES string of the molecule is Oc1ccc(/C=N\n2c(Cc3cccs3)n[nH]c2=S)cc1. The smallest absolute Gasteiger partial charge is 0.216 e. The number of hydrogen-bond donors (Lipinski definition) is 2. The van der Waals surface area contributed by atoms with Crippen LogP contribution in [0.15, 0.2) is 46.9 Å². The van der Waals surface area contributed by atoms with Crippen LogP contribution in [-0.2, 0) is 6.42 Å². The van der Waals surface area contributed by atoms with Crippen LogP contribution in [0.3, 0.4) is 0 Å². The molecule has 3 rings (SSSR count). The van der Waals surface area contributed by atoms with Gasteiger partial charge in [0, 0.05) is 11.3 Å². The van der Waals surface area contributed by atoms with E-state index in [2.05, 4.69) is 21.4 Å². The van der Waals surface area contributed by atoms with E-state index in [-0.39, 0.29) is 5.75 Å². The van der Waals surface area contributed by atoms with Crippen LogP contribution in [0.2, 0.25) is 0 Å². The highest BCUT2D eigenvalue weighted by atomic mass is 32.1. The van der Waals surface area contributed by atoms with Crippen molar-refractivity contribution in [2.24, 2.45) is 5.10 Å². The van der Waals surface area contributed by atoms with E-state index in [1.165, 1.54) is 4.88 Å². The first-order valence-corrected chi connectivity index (χ1v) is 7.53. The molecule has 2 aromatic heterocycles. The predicted octanol–water partition coefficient (Wildman–Crippen LogP) is 3.18. The number of H-pyrrole nitrogens is 1. The zero-order chi connectivity index (χ0) is 14.7. The van der Waals surface area contributed by atoms with Crippen LogP contribution in [0.5, 0.6) is 5.75 Å². The molecule has 0 unspecified atom stereocenters. The Morgan fingerprint density at radius 3 is 2.86 bits per heavy atom. The molecule has 2 N–H and O–H groups in total. The molecule has 0 amide bonds. The maximum absolute atomic E-state index is 9.26. The van der Waals surface area contributed by atoms with E-state index in [1.807, 2.05) is 11.4 Å². The normalized spacial score (nSPS) is 11.2. The molecule has 0 aliphatic heterocycles. The summed E-state index contributed by atoms with van der Waals surface area (Å²) < 4.78 is 2.07. The number of benzene rings is 1. The minimum Gasteiger partial charge on any atom is -0.508 e. The highest BCUT2D eigenvalue weighted by Crippen LogP contribution is 2.14. The van der Waals surface area contributed by atoms with Crippen LogP contribution in [-0.4, -0.2) is 26.2 Å². The highest BCUT2D eigenvalue weighted by Gasteiger charge is 2.06. The third-order valence-electron chi connectivity index (χ3n) is 2.85. The van der Waals surface area contributed by atoms with E-state index in [0.29, 0.717) is 11.2 Å². The summed E-state index contributed by atoms with van der Waals surface area (Å²) >= 11 is 6.87. The van der Waals surface area contributed by atoms with Crippen LogP contribution in [0, 0.1) is 4.77 Å². The summed E-state index contributed by atoms with van der Waals surface area (Å²) in [7, 11) is 0. The molecule has 0 fully saturated rings. The first-order chi connectivity index (χ1) is 10.2. The van der Waals surface area contributed by atoms with Crippen molar-refractivity contribution in [3.63, 3.8) is 0 Å². The average molecular weight is 316 g/mol. The second kappa shape index (κ2) is 6.02. The van der Waals surface area contributed by atoms with E-state index in [9.17, 15) is 5.11 Å². The lowest BCUT2D eigenvalue weighted by Crippen LogP contribution is -1.99. The fraction of sp³-hybridized carbons (Fsp3) is 0.0714. The largest absolute Gasteiger partial charge is 0.508 e. The van der Waals surface area contributed by atoms with Crippen LogP contribution in [0.1, 0.15) is 16.3 Å². The van der Waals surface area contributed by atoms with E-state index in [4.69, 9.17) is 12.2 Å². The van der Waals surface area contributed by atoms with Crippen LogP contribution < -0.4 is 0 Å². The standard InChI is InChI=1S/C14H12N4OS2/c19-11-5-3-10(4-6-11)9-15-18-13(16-17-14(18)20)8-12-2-1-7-21-12/h1-7,9,19H,8H2,(H,17,20)/b15-9-. The summed E-state index contributed by atoms with van der Waals surface area (Å²) in [6.45, 7) is 0. The Labute approximate surface area is 130 Å². The molecule has 2 heterocycles. The molecule has 0 saturated heterocycles. The third kappa shape index (κ3) is 3.26. The molecule has 21 heavy (non-hydrogen) atoms. The summed E-state index contributed by atoms with van der Waals surface area (Å²) in [4.78, 5) is 1.20. The van der Waals surface area contributed by atoms with Crippen molar-refractivity contribution < 1.29 is 5.11 Å². The molecule has 0 radical (unpaired) electrons. The lowest BCUT2D eigenvalue weighted by atomic mass is 10.2. The molecule has 0 spiro atoms. The number of rotatable bonds is 4. The Kier molecular flexibility index (Phi) is 3.94. The topological polar surface area (TPSA) is 66.2 Å². The summed E-state index contributed by atoms with van der Waals surface area (Å²) in [5.41, 5.74) is 0.873. The lowest BCUT2D eigenvalue weighted by Gasteiger charge is -1.99. The van der Waals surface area contributed by atoms with Crippen LogP contribution in [0.25, 0.3) is 0 Å². The third-order valence-corrected chi connectivity index (χ3v) is 3.99. The number of phenols is 1. The minimum atomic E-state index is 0.227. The van der Waals surface area contributed by atoms with Gasteiger partial charge in [-0.15, -0.1) is 11.3 Å². The van der Waals surface area contributed by atoms with Crippen LogP contribution in [0.4, 0.5) is 0 Å². The average Bonchev–Trinajstić information content (AvgIpc) is 3.10. The number of nitrogens with zero attached hydrogens (tertiary/aromatic N) is 3. The molecular weight excluding hydrogens is 304 g/mol. The molecule has 0 atom stereocenters. The lowest BCUT2D eigenvalue weighted by molar-refractivity contribution is 0.475. The summed E-state index contributed by atoms with van der Waals surface area (Å²) in [5, 5.41) is 22.6. The zero-order valence-corrected chi connectivity index (χ0v) is 12.6. The van der Waals surface area contributed by atoms with E-state index in [1.54, 1.807) is 46.5 Å². The molecular formula is C14H12N4OS2. The zero-order valence-electron chi connectivity index (χ0n) is 10.9. The number of nitrogens with one attached hydrogen (secondary N) is 1. The second-order valence-electron chi connectivity index (χ2n) is 4.35. The van der Waals surface area contributed by atoms with Gasteiger partial charge in [-0.25, -0.2) is 0 Å². The molecule has 1 aromatic carbocycles. The summed E-state index contributed by atoms with van der Waals surface area (Å²) in [6, 6.07) is 10.8. The summed E-state index contributed by atoms with van der Waals surface area (Å²) in [6.07, 6.45) is 2.36. The Balaban J connectivity index is 1.86. The Hall–Kier alpha value is -2.25. The van der Waals surface area contributed by atoms with Gasteiger partial charge in [0.15, 0.2) is 5.82 Å². The molecule has 106 valence electrons. The number of phenolic OH excluding ortho intramolecular Hbond substituents is 1.